The van der Waals surface area contributed by atoms with Gasteiger partial charge in [-0.2, -0.15) is 5.10 Å². The molecule has 0 bridgehead atoms. The predicted molar refractivity (Wildman–Crippen MR) is 81.8 cm³/mol. The number of fused-ring (bicyclic) bond motifs is 3. The number of ether oxygens (including phenoxy) is 1. The number of hydrogen-bond acceptors (Lipinski definition) is 4. The molecule has 3 rings (SSSR count). The van der Waals surface area contributed by atoms with Crippen molar-refractivity contribution < 1.29 is 4.74 Å². The Morgan fingerprint density at radius 2 is 2.14 bits per heavy atom. The van der Waals surface area contributed by atoms with Crippen LogP contribution in [0.15, 0.2) is 29.1 Å². The van der Waals surface area contributed by atoms with E-state index in [4.69, 9.17) is 4.74 Å². The van der Waals surface area contributed by atoms with Crippen LogP contribution in [0.5, 0.6) is 5.75 Å². The van der Waals surface area contributed by atoms with Gasteiger partial charge in [-0.15, -0.1) is 0 Å². The first-order valence-corrected chi connectivity index (χ1v) is 7.02. The molecule has 1 aromatic heterocycles. The first-order chi connectivity index (χ1) is 10.1. The van der Waals surface area contributed by atoms with E-state index < -0.39 is 0 Å². The molecule has 0 saturated carbocycles. The highest BCUT2D eigenvalue weighted by Crippen LogP contribution is 2.40. The Morgan fingerprint density at radius 3 is 2.86 bits per heavy atom. The lowest BCUT2D eigenvalue weighted by molar-refractivity contribution is 0.368. The van der Waals surface area contributed by atoms with Gasteiger partial charge in [0.25, 0.3) is 5.56 Å². The summed E-state index contributed by atoms with van der Waals surface area (Å²) in [5.74, 6) is 0.816. The maximum Gasteiger partial charge on any atom is 0.267 e. The number of aromatic nitrogens is 2. The van der Waals surface area contributed by atoms with Gasteiger partial charge in [0.05, 0.1) is 19.3 Å². The number of benzene rings is 1. The molecule has 0 radical (unpaired) electrons. The number of hydrogen-bond donors (Lipinski definition) is 0. The minimum absolute atomic E-state index is 0.0395. The molecule has 0 aliphatic heterocycles. The van der Waals surface area contributed by atoms with Crippen molar-refractivity contribution in [2.75, 3.05) is 27.7 Å². The Kier molecular flexibility index (Phi) is 3.51. The van der Waals surface area contributed by atoms with Crippen LogP contribution in [0, 0.1) is 0 Å². The second-order valence-electron chi connectivity index (χ2n) is 5.55. The van der Waals surface area contributed by atoms with E-state index in [-0.39, 0.29) is 5.56 Å². The molecule has 21 heavy (non-hydrogen) atoms. The highest BCUT2D eigenvalue weighted by Gasteiger charge is 2.24. The Balaban J connectivity index is 2.08. The Labute approximate surface area is 123 Å². The molecule has 2 aromatic rings. The summed E-state index contributed by atoms with van der Waals surface area (Å²) < 4.78 is 6.99. The quantitative estimate of drug-likeness (QED) is 0.726. The molecule has 0 atom stereocenters. The highest BCUT2D eigenvalue weighted by molar-refractivity contribution is 5.78. The monoisotopic (exact) mass is 285 g/mol. The summed E-state index contributed by atoms with van der Waals surface area (Å²) in [4.78, 5) is 14.2. The van der Waals surface area contributed by atoms with Crippen LogP contribution in [0.4, 0.5) is 0 Å². The fourth-order valence-electron chi connectivity index (χ4n) is 2.69. The van der Waals surface area contributed by atoms with Gasteiger partial charge in [-0.3, -0.25) is 4.79 Å². The van der Waals surface area contributed by atoms with E-state index >= 15 is 0 Å². The standard InChI is InChI=1S/C16H19N3O2/c1-18(2)7-8-19-14(20)10-12-9-11-5-4-6-13(21-3)15(11)16(12)17-19/h4-6,10H,7-9H2,1-3H3. The summed E-state index contributed by atoms with van der Waals surface area (Å²) in [7, 11) is 5.63. The lowest BCUT2D eigenvalue weighted by Gasteiger charge is -2.12. The number of methoxy groups -OCH3 is 1. The Morgan fingerprint density at radius 1 is 1.33 bits per heavy atom. The van der Waals surface area contributed by atoms with Gasteiger partial charge in [0.1, 0.15) is 5.75 Å². The maximum absolute atomic E-state index is 12.1. The van der Waals surface area contributed by atoms with Crippen LogP contribution in [0.2, 0.25) is 0 Å². The van der Waals surface area contributed by atoms with Gasteiger partial charge in [0.2, 0.25) is 0 Å². The van der Waals surface area contributed by atoms with Crippen molar-refractivity contribution >= 4 is 0 Å². The van der Waals surface area contributed by atoms with Crippen molar-refractivity contribution in [3.05, 3.63) is 45.7 Å². The maximum atomic E-state index is 12.1. The van der Waals surface area contributed by atoms with E-state index in [0.717, 1.165) is 35.5 Å². The van der Waals surface area contributed by atoms with E-state index in [2.05, 4.69) is 11.2 Å². The second kappa shape index (κ2) is 5.33. The fourth-order valence-corrected chi connectivity index (χ4v) is 2.69. The molecule has 1 aromatic carbocycles. The molecular weight excluding hydrogens is 266 g/mol. The van der Waals surface area contributed by atoms with Gasteiger partial charge in [-0.1, -0.05) is 12.1 Å². The van der Waals surface area contributed by atoms with E-state index in [1.807, 2.05) is 31.1 Å². The molecule has 0 amide bonds. The van der Waals surface area contributed by atoms with E-state index in [1.165, 1.54) is 5.56 Å². The lowest BCUT2D eigenvalue weighted by Crippen LogP contribution is -2.28. The summed E-state index contributed by atoms with van der Waals surface area (Å²) in [6, 6.07) is 7.68. The van der Waals surface area contributed by atoms with Crippen molar-refractivity contribution in [1.82, 2.24) is 14.7 Å². The van der Waals surface area contributed by atoms with E-state index in [9.17, 15) is 4.79 Å². The fraction of sp³-hybridized carbons (Fsp3) is 0.375. The van der Waals surface area contributed by atoms with E-state index in [1.54, 1.807) is 17.9 Å². The molecule has 110 valence electrons. The molecule has 1 aliphatic rings. The molecule has 1 heterocycles. The lowest BCUT2D eigenvalue weighted by atomic mass is 10.1. The van der Waals surface area contributed by atoms with Crippen molar-refractivity contribution in [3.63, 3.8) is 0 Å². The largest absolute Gasteiger partial charge is 0.496 e. The van der Waals surface area contributed by atoms with Crippen LogP contribution < -0.4 is 10.3 Å². The minimum Gasteiger partial charge on any atom is -0.496 e. The van der Waals surface area contributed by atoms with Crippen LogP contribution >= 0.6 is 0 Å². The summed E-state index contributed by atoms with van der Waals surface area (Å²) in [6.07, 6.45) is 0.749. The van der Waals surface area contributed by atoms with Gasteiger partial charge in [-0.25, -0.2) is 4.68 Å². The van der Waals surface area contributed by atoms with Gasteiger partial charge >= 0.3 is 0 Å². The first-order valence-electron chi connectivity index (χ1n) is 7.02. The third-order valence-electron chi connectivity index (χ3n) is 3.79. The smallest absolute Gasteiger partial charge is 0.267 e. The molecule has 0 N–H and O–H groups in total. The minimum atomic E-state index is -0.0395. The Hall–Kier alpha value is -2.14. The third-order valence-corrected chi connectivity index (χ3v) is 3.79. The van der Waals surface area contributed by atoms with Gasteiger partial charge in [0, 0.05) is 24.6 Å². The number of likely N-dealkylation sites (N-methyl/N-ethyl adjacent to an activating group) is 1. The molecule has 0 fully saturated rings. The molecule has 5 heteroatoms. The average molecular weight is 285 g/mol. The van der Waals surface area contributed by atoms with Crippen LogP contribution in [0.25, 0.3) is 11.3 Å². The van der Waals surface area contributed by atoms with Crippen molar-refractivity contribution in [2.45, 2.75) is 13.0 Å². The van der Waals surface area contributed by atoms with Crippen LogP contribution in [-0.4, -0.2) is 42.4 Å². The number of nitrogens with zero attached hydrogens (tertiary/aromatic N) is 3. The zero-order valence-corrected chi connectivity index (χ0v) is 12.6. The second-order valence-corrected chi connectivity index (χ2v) is 5.55. The molecular formula is C16H19N3O2. The predicted octanol–water partition coefficient (Wildman–Crippen LogP) is 1.38. The SMILES string of the molecule is COc1cccc2c1-c1nn(CCN(C)C)c(=O)cc1C2. The zero-order valence-electron chi connectivity index (χ0n) is 12.6. The third kappa shape index (κ3) is 2.45. The van der Waals surface area contributed by atoms with Gasteiger partial charge in [0.15, 0.2) is 0 Å². The van der Waals surface area contributed by atoms with Crippen LogP contribution in [-0.2, 0) is 13.0 Å². The van der Waals surface area contributed by atoms with Crippen molar-refractivity contribution in [3.8, 4) is 17.0 Å². The molecule has 1 aliphatic carbocycles. The number of rotatable bonds is 4. The highest BCUT2D eigenvalue weighted by atomic mass is 16.5. The van der Waals surface area contributed by atoms with Crippen LogP contribution in [0.1, 0.15) is 11.1 Å². The van der Waals surface area contributed by atoms with Crippen molar-refractivity contribution in [1.29, 1.82) is 0 Å². The van der Waals surface area contributed by atoms with Gasteiger partial charge < -0.3 is 9.64 Å². The summed E-state index contributed by atoms with van der Waals surface area (Å²) >= 11 is 0. The van der Waals surface area contributed by atoms with Gasteiger partial charge in [-0.05, 0) is 31.3 Å². The Bertz CT molecular complexity index is 735. The molecule has 5 nitrogen and oxygen atoms in total. The zero-order chi connectivity index (χ0) is 15.0. The molecule has 0 spiro atoms. The molecule has 0 unspecified atom stereocenters. The summed E-state index contributed by atoms with van der Waals surface area (Å²) in [5, 5.41) is 4.57. The van der Waals surface area contributed by atoms with Crippen molar-refractivity contribution in [2.24, 2.45) is 0 Å². The van der Waals surface area contributed by atoms with Crippen LogP contribution in [0.3, 0.4) is 0 Å². The van der Waals surface area contributed by atoms with E-state index in [0.29, 0.717) is 6.54 Å². The molecule has 0 saturated heterocycles. The first kappa shape index (κ1) is 13.8. The summed E-state index contributed by atoms with van der Waals surface area (Å²) in [5.41, 5.74) is 4.01. The summed E-state index contributed by atoms with van der Waals surface area (Å²) in [6.45, 7) is 1.37. The topological polar surface area (TPSA) is 47.4 Å². The normalized spacial score (nSPS) is 12.4. The average Bonchev–Trinajstić information content (AvgIpc) is 2.81.